The lowest BCUT2D eigenvalue weighted by Gasteiger charge is -2.30. The minimum atomic E-state index is -0.823. The van der Waals surface area contributed by atoms with Crippen LogP contribution in [0.2, 0.25) is 0 Å². The first-order chi connectivity index (χ1) is 9.90. The average Bonchev–Trinajstić information content (AvgIpc) is 2.73. The number of nitrogens with zero attached hydrogens (tertiary/aromatic N) is 1. The van der Waals surface area contributed by atoms with Crippen molar-refractivity contribution >= 4 is 16.7 Å². The van der Waals surface area contributed by atoms with Crippen LogP contribution in [0, 0.1) is 6.92 Å². The molecular weight excluding hydrogens is 284 g/mol. The molecule has 1 amide bonds. The lowest BCUT2D eigenvalue weighted by Crippen LogP contribution is -2.39. The molecule has 0 saturated carbocycles. The standard InChI is InChI=1S/C16H24N2O2S/c1-11-5-7-14(8-6-11)15-17-13(3)16(19)18(15)12(2)9-10-21(4)20/h5-8,12-13,15,17H,9-10H2,1-4H3. The minimum Gasteiger partial charge on any atom is -0.319 e. The molecule has 4 nitrogen and oxygen atoms in total. The molecule has 0 aliphatic carbocycles. The van der Waals surface area contributed by atoms with Crippen molar-refractivity contribution in [3.05, 3.63) is 35.4 Å². The van der Waals surface area contributed by atoms with Crippen molar-refractivity contribution in [3.63, 3.8) is 0 Å². The minimum absolute atomic E-state index is 0.0742. The Hall–Kier alpha value is -1.20. The summed E-state index contributed by atoms with van der Waals surface area (Å²) in [5, 5.41) is 3.36. The van der Waals surface area contributed by atoms with E-state index >= 15 is 0 Å². The predicted octanol–water partition coefficient (Wildman–Crippen LogP) is 1.97. The number of carbonyl (C=O) groups excluding carboxylic acids is 1. The normalized spacial score (nSPS) is 25.1. The Bertz CT molecular complexity index is 530. The third kappa shape index (κ3) is 3.71. The number of benzene rings is 1. The van der Waals surface area contributed by atoms with Crippen LogP contribution in [0.3, 0.4) is 0 Å². The summed E-state index contributed by atoms with van der Waals surface area (Å²) in [6.45, 7) is 5.98. The molecule has 0 bridgehead atoms. The van der Waals surface area contributed by atoms with Gasteiger partial charge in [0.1, 0.15) is 6.17 Å². The molecule has 1 heterocycles. The fourth-order valence-electron chi connectivity index (χ4n) is 2.69. The molecule has 1 fully saturated rings. The van der Waals surface area contributed by atoms with Crippen molar-refractivity contribution in [1.82, 2.24) is 10.2 Å². The summed E-state index contributed by atoms with van der Waals surface area (Å²) >= 11 is 0. The number of carbonyl (C=O) groups is 1. The highest BCUT2D eigenvalue weighted by molar-refractivity contribution is 7.84. The van der Waals surface area contributed by atoms with Gasteiger partial charge < -0.3 is 4.90 Å². The van der Waals surface area contributed by atoms with Crippen molar-refractivity contribution in [2.45, 2.75) is 45.4 Å². The zero-order chi connectivity index (χ0) is 15.6. The van der Waals surface area contributed by atoms with Gasteiger partial charge in [0, 0.05) is 28.9 Å². The van der Waals surface area contributed by atoms with E-state index in [0.717, 1.165) is 12.0 Å². The largest absolute Gasteiger partial charge is 0.319 e. The maximum atomic E-state index is 12.4. The molecule has 2 rings (SSSR count). The van der Waals surface area contributed by atoms with Crippen LogP contribution in [0.15, 0.2) is 24.3 Å². The fraction of sp³-hybridized carbons (Fsp3) is 0.562. The monoisotopic (exact) mass is 308 g/mol. The Balaban J connectivity index is 2.20. The highest BCUT2D eigenvalue weighted by Gasteiger charge is 2.39. The van der Waals surface area contributed by atoms with E-state index in [1.807, 2.05) is 18.7 Å². The summed E-state index contributed by atoms with van der Waals surface area (Å²) in [6, 6.07) is 8.16. The molecule has 0 radical (unpaired) electrons. The second-order valence-electron chi connectivity index (χ2n) is 5.86. The SMILES string of the molecule is Cc1ccc(C2NC(C)C(=O)N2C(C)CCS(C)=O)cc1. The Labute approximate surface area is 129 Å². The molecule has 1 N–H and O–H groups in total. The molecule has 1 aliphatic rings. The van der Waals surface area contributed by atoms with Crippen molar-refractivity contribution < 1.29 is 9.00 Å². The summed E-state index contributed by atoms with van der Waals surface area (Å²) in [6.07, 6.45) is 2.37. The molecule has 1 saturated heterocycles. The Kier molecular flexibility index (Phi) is 5.17. The van der Waals surface area contributed by atoms with Crippen molar-refractivity contribution in [3.8, 4) is 0 Å². The van der Waals surface area contributed by atoms with Crippen LogP contribution < -0.4 is 5.32 Å². The van der Waals surface area contributed by atoms with Crippen LogP contribution in [0.5, 0.6) is 0 Å². The molecule has 116 valence electrons. The molecule has 1 aromatic carbocycles. The van der Waals surface area contributed by atoms with Crippen molar-refractivity contribution in [1.29, 1.82) is 0 Å². The van der Waals surface area contributed by atoms with Gasteiger partial charge in [-0.2, -0.15) is 0 Å². The van der Waals surface area contributed by atoms with Gasteiger partial charge in [0.15, 0.2) is 0 Å². The molecule has 1 aromatic rings. The molecule has 4 atom stereocenters. The number of rotatable bonds is 5. The predicted molar refractivity (Wildman–Crippen MR) is 86.4 cm³/mol. The molecule has 1 aliphatic heterocycles. The second kappa shape index (κ2) is 6.71. The maximum absolute atomic E-state index is 12.4. The highest BCUT2D eigenvalue weighted by atomic mass is 32.2. The van der Waals surface area contributed by atoms with Crippen LogP contribution in [0.1, 0.15) is 37.6 Å². The summed E-state index contributed by atoms with van der Waals surface area (Å²) in [5.74, 6) is 0.745. The number of amides is 1. The van der Waals surface area contributed by atoms with E-state index in [1.165, 1.54) is 5.56 Å². The van der Waals surface area contributed by atoms with Crippen LogP contribution in [-0.4, -0.2) is 39.1 Å². The van der Waals surface area contributed by atoms with E-state index in [-0.39, 0.29) is 24.2 Å². The van der Waals surface area contributed by atoms with Gasteiger partial charge in [-0.25, -0.2) is 0 Å². The third-order valence-electron chi connectivity index (χ3n) is 4.00. The van der Waals surface area contributed by atoms with Gasteiger partial charge in [-0.05, 0) is 32.8 Å². The van der Waals surface area contributed by atoms with E-state index < -0.39 is 10.8 Å². The number of hydrogen-bond acceptors (Lipinski definition) is 3. The van der Waals surface area contributed by atoms with Gasteiger partial charge in [-0.15, -0.1) is 0 Å². The molecule has 4 unspecified atom stereocenters. The maximum Gasteiger partial charge on any atom is 0.241 e. The number of aryl methyl sites for hydroxylation is 1. The van der Waals surface area contributed by atoms with E-state index in [0.29, 0.717) is 5.75 Å². The van der Waals surface area contributed by atoms with Gasteiger partial charge in [0.25, 0.3) is 0 Å². The van der Waals surface area contributed by atoms with Crippen LogP contribution in [0.25, 0.3) is 0 Å². The summed E-state index contributed by atoms with van der Waals surface area (Å²) in [5.41, 5.74) is 2.31. The third-order valence-corrected chi connectivity index (χ3v) is 4.81. The van der Waals surface area contributed by atoms with Crippen LogP contribution >= 0.6 is 0 Å². The first kappa shape index (κ1) is 16.2. The van der Waals surface area contributed by atoms with Gasteiger partial charge in [-0.3, -0.25) is 14.3 Å². The molecular formula is C16H24N2O2S. The van der Waals surface area contributed by atoms with Gasteiger partial charge >= 0.3 is 0 Å². The Morgan fingerprint density at radius 3 is 2.52 bits per heavy atom. The van der Waals surface area contributed by atoms with E-state index in [1.54, 1.807) is 6.26 Å². The number of hydrogen-bond donors (Lipinski definition) is 1. The molecule has 21 heavy (non-hydrogen) atoms. The van der Waals surface area contributed by atoms with E-state index in [2.05, 4.69) is 36.5 Å². The van der Waals surface area contributed by atoms with Gasteiger partial charge in [0.2, 0.25) is 5.91 Å². The zero-order valence-corrected chi connectivity index (χ0v) is 13.9. The average molecular weight is 308 g/mol. The van der Waals surface area contributed by atoms with Crippen LogP contribution in [-0.2, 0) is 15.6 Å². The van der Waals surface area contributed by atoms with E-state index in [9.17, 15) is 9.00 Å². The topological polar surface area (TPSA) is 49.4 Å². The first-order valence-electron chi connectivity index (χ1n) is 7.35. The Morgan fingerprint density at radius 2 is 1.95 bits per heavy atom. The van der Waals surface area contributed by atoms with Gasteiger partial charge in [-0.1, -0.05) is 29.8 Å². The second-order valence-corrected chi connectivity index (χ2v) is 7.42. The zero-order valence-electron chi connectivity index (χ0n) is 13.1. The lowest BCUT2D eigenvalue weighted by atomic mass is 10.1. The first-order valence-corrected chi connectivity index (χ1v) is 9.07. The van der Waals surface area contributed by atoms with E-state index in [4.69, 9.17) is 0 Å². The molecule has 0 spiro atoms. The summed E-state index contributed by atoms with van der Waals surface area (Å²) in [4.78, 5) is 14.3. The summed E-state index contributed by atoms with van der Waals surface area (Å²) in [7, 11) is -0.823. The number of nitrogens with one attached hydrogen (secondary N) is 1. The molecule has 5 heteroatoms. The fourth-order valence-corrected chi connectivity index (χ4v) is 3.37. The quantitative estimate of drug-likeness (QED) is 0.905. The highest BCUT2D eigenvalue weighted by Crippen LogP contribution is 2.28. The van der Waals surface area contributed by atoms with Gasteiger partial charge in [0.05, 0.1) is 6.04 Å². The van der Waals surface area contributed by atoms with Crippen molar-refractivity contribution in [2.75, 3.05) is 12.0 Å². The smallest absolute Gasteiger partial charge is 0.241 e. The summed E-state index contributed by atoms with van der Waals surface area (Å²) < 4.78 is 11.3. The molecule has 0 aromatic heterocycles. The Morgan fingerprint density at radius 1 is 1.33 bits per heavy atom. The van der Waals surface area contributed by atoms with Crippen LogP contribution in [0.4, 0.5) is 0 Å². The van der Waals surface area contributed by atoms with Crippen molar-refractivity contribution in [2.24, 2.45) is 0 Å². The lowest BCUT2D eigenvalue weighted by molar-refractivity contribution is -0.131.